The zero-order chi connectivity index (χ0) is 10.6. The average molecular weight is 211 g/mol. The van der Waals surface area contributed by atoms with Crippen LogP contribution in [0, 0.1) is 5.92 Å². The van der Waals surface area contributed by atoms with E-state index in [2.05, 4.69) is 0 Å². The van der Waals surface area contributed by atoms with Gasteiger partial charge in [0, 0.05) is 19.2 Å². The molecule has 15 heavy (non-hydrogen) atoms. The molecule has 4 nitrogen and oxygen atoms in total. The summed E-state index contributed by atoms with van der Waals surface area (Å²) in [6.45, 7) is 0. The van der Waals surface area contributed by atoms with Gasteiger partial charge in [0.05, 0.1) is 5.60 Å². The molecule has 2 aliphatic carbocycles. The fourth-order valence-corrected chi connectivity index (χ4v) is 4.12. The standard InChI is InChI=1S/C11H17NO3/c1-15-11-4-7-2-8(5-11)12(10(13)14)9(3-7)6-11/h7-9H,2-6H2,1H3,(H,13,14). The quantitative estimate of drug-likeness (QED) is 0.718. The number of nitrogens with zero attached hydrogens (tertiary/aromatic N) is 1. The summed E-state index contributed by atoms with van der Waals surface area (Å²) in [5.74, 6) is 0.693. The molecule has 0 aromatic carbocycles. The number of hydrogen-bond acceptors (Lipinski definition) is 2. The predicted molar refractivity (Wildman–Crippen MR) is 53.8 cm³/mol. The van der Waals surface area contributed by atoms with E-state index in [0.29, 0.717) is 5.92 Å². The highest BCUT2D eigenvalue weighted by molar-refractivity contribution is 5.66. The van der Waals surface area contributed by atoms with E-state index in [1.165, 1.54) is 0 Å². The lowest BCUT2D eigenvalue weighted by molar-refractivity contribution is -0.162. The fraction of sp³-hybridized carbons (Fsp3) is 0.909. The van der Waals surface area contributed by atoms with Gasteiger partial charge < -0.3 is 14.7 Å². The zero-order valence-corrected chi connectivity index (χ0v) is 8.98. The van der Waals surface area contributed by atoms with Crippen molar-refractivity contribution in [2.45, 2.75) is 49.8 Å². The van der Waals surface area contributed by atoms with Gasteiger partial charge in [-0.25, -0.2) is 4.79 Å². The van der Waals surface area contributed by atoms with Crippen molar-refractivity contribution < 1.29 is 14.6 Å². The molecule has 4 bridgehead atoms. The molecule has 0 spiro atoms. The molecule has 2 aliphatic heterocycles. The van der Waals surface area contributed by atoms with Crippen LogP contribution in [-0.2, 0) is 4.74 Å². The van der Waals surface area contributed by atoms with E-state index in [-0.39, 0.29) is 17.7 Å². The first-order valence-electron chi connectivity index (χ1n) is 5.70. The Labute approximate surface area is 89.2 Å². The number of ether oxygens (including phenoxy) is 1. The van der Waals surface area contributed by atoms with Crippen molar-refractivity contribution in [2.75, 3.05) is 7.11 Å². The Morgan fingerprint density at radius 2 is 1.93 bits per heavy atom. The lowest BCUT2D eigenvalue weighted by atomic mass is 9.61. The van der Waals surface area contributed by atoms with Gasteiger partial charge in [-0.2, -0.15) is 0 Å². The summed E-state index contributed by atoms with van der Waals surface area (Å²) >= 11 is 0. The van der Waals surface area contributed by atoms with E-state index in [1.54, 1.807) is 12.0 Å². The summed E-state index contributed by atoms with van der Waals surface area (Å²) in [5, 5.41) is 9.19. The molecule has 0 radical (unpaired) electrons. The molecule has 2 unspecified atom stereocenters. The van der Waals surface area contributed by atoms with Gasteiger partial charge in [0.25, 0.3) is 0 Å². The number of hydrogen-bond donors (Lipinski definition) is 1. The minimum Gasteiger partial charge on any atom is -0.465 e. The highest BCUT2D eigenvalue weighted by atomic mass is 16.5. The summed E-state index contributed by atoms with van der Waals surface area (Å²) in [6, 6.07) is 0.433. The van der Waals surface area contributed by atoms with E-state index in [4.69, 9.17) is 4.74 Å². The van der Waals surface area contributed by atoms with Crippen LogP contribution in [0.2, 0.25) is 0 Å². The van der Waals surface area contributed by atoms with E-state index in [9.17, 15) is 9.90 Å². The topological polar surface area (TPSA) is 49.8 Å². The summed E-state index contributed by atoms with van der Waals surface area (Å²) in [6.07, 6.45) is 4.31. The highest BCUT2D eigenvalue weighted by Gasteiger charge is 2.56. The first-order valence-corrected chi connectivity index (χ1v) is 5.70. The Balaban J connectivity index is 1.91. The third-order valence-electron chi connectivity index (χ3n) is 4.53. The van der Waals surface area contributed by atoms with Crippen molar-refractivity contribution in [3.05, 3.63) is 0 Å². The van der Waals surface area contributed by atoms with Gasteiger partial charge >= 0.3 is 6.09 Å². The minimum atomic E-state index is -0.741. The monoisotopic (exact) mass is 211 g/mol. The average Bonchev–Trinajstić information content (AvgIpc) is 2.15. The summed E-state index contributed by atoms with van der Waals surface area (Å²) in [4.78, 5) is 12.9. The number of methoxy groups -OCH3 is 1. The lowest BCUT2D eigenvalue weighted by Gasteiger charge is -2.59. The molecule has 1 amide bonds. The molecule has 2 saturated heterocycles. The second-order valence-electron chi connectivity index (χ2n) is 5.33. The Hall–Kier alpha value is -0.770. The Morgan fingerprint density at radius 1 is 1.33 bits per heavy atom. The van der Waals surface area contributed by atoms with Crippen LogP contribution in [0.4, 0.5) is 4.79 Å². The third kappa shape index (κ3) is 1.20. The summed E-state index contributed by atoms with van der Waals surface area (Å²) in [5.41, 5.74) is 0.00243. The van der Waals surface area contributed by atoms with Crippen molar-refractivity contribution in [3.63, 3.8) is 0 Å². The Bertz CT molecular complexity index is 288. The number of rotatable bonds is 1. The van der Waals surface area contributed by atoms with Crippen molar-refractivity contribution in [1.82, 2.24) is 4.90 Å². The second kappa shape index (κ2) is 2.88. The van der Waals surface area contributed by atoms with Gasteiger partial charge in [0.1, 0.15) is 0 Å². The van der Waals surface area contributed by atoms with Crippen LogP contribution < -0.4 is 0 Å². The largest absolute Gasteiger partial charge is 0.465 e. The maximum Gasteiger partial charge on any atom is 0.407 e. The molecule has 1 N–H and O–H groups in total. The molecule has 0 aromatic rings. The first-order chi connectivity index (χ1) is 7.13. The zero-order valence-electron chi connectivity index (χ0n) is 8.98. The maximum absolute atomic E-state index is 11.2. The summed E-state index contributed by atoms with van der Waals surface area (Å²) < 4.78 is 5.66. The molecule has 4 aliphatic rings. The molecule has 2 heterocycles. The summed E-state index contributed by atoms with van der Waals surface area (Å²) in [7, 11) is 1.78. The molecular formula is C11H17NO3. The molecule has 2 atom stereocenters. The van der Waals surface area contributed by atoms with Gasteiger partial charge in [-0.3, -0.25) is 0 Å². The van der Waals surface area contributed by atoms with Crippen LogP contribution in [-0.4, -0.2) is 40.9 Å². The number of carboxylic acid groups (broad SMARTS) is 1. The van der Waals surface area contributed by atoms with Gasteiger partial charge in [0.2, 0.25) is 0 Å². The number of piperidine rings is 2. The van der Waals surface area contributed by atoms with Gasteiger partial charge in [-0.1, -0.05) is 0 Å². The highest BCUT2D eigenvalue weighted by Crippen LogP contribution is 2.52. The third-order valence-corrected chi connectivity index (χ3v) is 4.53. The van der Waals surface area contributed by atoms with Crippen molar-refractivity contribution >= 4 is 6.09 Å². The van der Waals surface area contributed by atoms with E-state index < -0.39 is 6.09 Å². The van der Waals surface area contributed by atoms with Crippen molar-refractivity contribution in [1.29, 1.82) is 0 Å². The van der Waals surface area contributed by atoms with Gasteiger partial charge in [-0.05, 0) is 38.0 Å². The van der Waals surface area contributed by atoms with Crippen LogP contribution in [0.15, 0.2) is 0 Å². The Morgan fingerprint density at radius 3 is 2.40 bits per heavy atom. The molecule has 2 saturated carbocycles. The molecule has 84 valence electrons. The van der Waals surface area contributed by atoms with Crippen LogP contribution >= 0.6 is 0 Å². The van der Waals surface area contributed by atoms with Crippen molar-refractivity contribution in [3.8, 4) is 0 Å². The SMILES string of the molecule is COC12CC3CC(C1)N(C(=O)O)C(C3)C2. The normalized spacial score (nSPS) is 47.3. The number of amides is 1. The molecule has 4 heteroatoms. The molecular weight excluding hydrogens is 194 g/mol. The van der Waals surface area contributed by atoms with E-state index in [1.807, 2.05) is 0 Å². The molecule has 0 aromatic heterocycles. The Kier molecular flexibility index (Phi) is 1.81. The van der Waals surface area contributed by atoms with E-state index >= 15 is 0 Å². The molecule has 4 rings (SSSR count). The number of carbonyl (C=O) groups is 1. The predicted octanol–water partition coefficient (Wildman–Crippen LogP) is 1.70. The lowest BCUT2D eigenvalue weighted by Crippen LogP contribution is -2.66. The van der Waals surface area contributed by atoms with E-state index in [0.717, 1.165) is 32.1 Å². The fourth-order valence-electron chi connectivity index (χ4n) is 4.12. The van der Waals surface area contributed by atoms with Gasteiger partial charge in [-0.15, -0.1) is 0 Å². The molecule has 4 fully saturated rings. The van der Waals surface area contributed by atoms with Crippen LogP contribution in [0.25, 0.3) is 0 Å². The van der Waals surface area contributed by atoms with Crippen molar-refractivity contribution in [2.24, 2.45) is 5.92 Å². The van der Waals surface area contributed by atoms with Crippen LogP contribution in [0.3, 0.4) is 0 Å². The van der Waals surface area contributed by atoms with Gasteiger partial charge in [0.15, 0.2) is 0 Å². The smallest absolute Gasteiger partial charge is 0.407 e. The minimum absolute atomic E-state index is 0.00243. The van der Waals surface area contributed by atoms with Crippen LogP contribution in [0.5, 0.6) is 0 Å². The van der Waals surface area contributed by atoms with Crippen LogP contribution in [0.1, 0.15) is 32.1 Å². The first kappa shape index (κ1) is 9.46. The second-order valence-corrected chi connectivity index (χ2v) is 5.33. The maximum atomic E-state index is 11.2.